The van der Waals surface area contributed by atoms with E-state index in [4.69, 9.17) is 0 Å². The fourth-order valence-corrected chi connectivity index (χ4v) is 3.50. The summed E-state index contributed by atoms with van der Waals surface area (Å²) in [6.07, 6.45) is 1.75. The van der Waals surface area contributed by atoms with Crippen LogP contribution in [0.25, 0.3) is 5.69 Å². The largest absolute Gasteiger partial charge is 0.348 e. The summed E-state index contributed by atoms with van der Waals surface area (Å²) in [5, 5.41) is 7.14. The fourth-order valence-electron chi connectivity index (χ4n) is 3.50. The van der Waals surface area contributed by atoms with E-state index in [1.54, 1.807) is 12.1 Å². The third-order valence-electron chi connectivity index (χ3n) is 5.01. The van der Waals surface area contributed by atoms with Crippen LogP contribution in [0, 0.1) is 0 Å². The molecule has 4 rings (SSSR count). The maximum atomic E-state index is 12.5. The number of para-hydroxylation sites is 1. The van der Waals surface area contributed by atoms with Gasteiger partial charge in [-0.3, -0.25) is 14.7 Å². The Bertz CT molecular complexity index is 973. The maximum absolute atomic E-state index is 12.5. The molecule has 2 N–H and O–H groups in total. The molecule has 1 aliphatic rings. The van der Waals surface area contributed by atoms with Crippen molar-refractivity contribution in [1.82, 2.24) is 25.0 Å². The highest BCUT2D eigenvalue weighted by Gasteiger charge is 2.23. The van der Waals surface area contributed by atoms with Gasteiger partial charge in [-0.2, -0.15) is 4.68 Å². The molecule has 2 heterocycles. The Kier molecular flexibility index (Phi) is 5.34. The van der Waals surface area contributed by atoms with Crippen LogP contribution < -0.4 is 11.0 Å². The number of carbonyl (C=O) groups excluding carboxylic acids is 1. The van der Waals surface area contributed by atoms with Crippen LogP contribution in [0.15, 0.2) is 65.5 Å². The molecule has 0 saturated carbocycles. The topological polar surface area (TPSA) is 83.0 Å². The monoisotopic (exact) mass is 377 g/mol. The highest BCUT2D eigenvalue weighted by molar-refractivity contribution is 5.90. The van der Waals surface area contributed by atoms with Crippen molar-refractivity contribution >= 4 is 5.91 Å². The average Bonchev–Trinajstić information content (AvgIpc) is 3.13. The minimum atomic E-state index is -0.422. The van der Waals surface area contributed by atoms with Crippen LogP contribution in [0.1, 0.15) is 29.0 Å². The number of amides is 1. The zero-order valence-electron chi connectivity index (χ0n) is 15.5. The molecular formula is C21H23N5O2. The van der Waals surface area contributed by atoms with Gasteiger partial charge in [0.2, 0.25) is 5.82 Å². The molecule has 0 spiro atoms. The second kappa shape index (κ2) is 8.22. The quantitative estimate of drug-likeness (QED) is 0.712. The fraction of sp³-hybridized carbons (Fsp3) is 0.286. The van der Waals surface area contributed by atoms with Crippen LogP contribution in [-0.2, 0) is 6.54 Å². The lowest BCUT2D eigenvalue weighted by atomic mass is 10.0. The van der Waals surface area contributed by atoms with Crippen molar-refractivity contribution in [3.8, 4) is 5.69 Å². The molecule has 0 unspecified atom stereocenters. The second-order valence-corrected chi connectivity index (χ2v) is 7.04. The van der Waals surface area contributed by atoms with Crippen molar-refractivity contribution in [2.75, 3.05) is 13.1 Å². The molecule has 3 aromatic rings. The summed E-state index contributed by atoms with van der Waals surface area (Å²) in [7, 11) is 0. The predicted octanol–water partition coefficient (Wildman–Crippen LogP) is 1.95. The van der Waals surface area contributed by atoms with Gasteiger partial charge in [0.15, 0.2) is 0 Å². The molecule has 0 radical (unpaired) electrons. The number of piperidine rings is 1. The Hall–Kier alpha value is -3.19. The number of aromatic amines is 1. The number of hydrogen-bond acceptors (Lipinski definition) is 4. The van der Waals surface area contributed by atoms with Gasteiger partial charge in [-0.1, -0.05) is 48.5 Å². The molecule has 2 aromatic carbocycles. The van der Waals surface area contributed by atoms with Gasteiger partial charge in [-0.25, -0.2) is 4.79 Å². The first-order valence-electron chi connectivity index (χ1n) is 9.51. The van der Waals surface area contributed by atoms with E-state index in [0.717, 1.165) is 32.5 Å². The van der Waals surface area contributed by atoms with Crippen LogP contribution in [0.4, 0.5) is 0 Å². The SMILES string of the molecule is O=C(NC1CCN(Cc2ccccc2)CC1)c1nn(-c2ccccc2)c(=O)[nH]1. The van der Waals surface area contributed by atoms with E-state index in [1.165, 1.54) is 10.2 Å². The van der Waals surface area contributed by atoms with Gasteiger partial charge in [0.25, 0.3) is 5.91 Å². The van der Waals surface area contributed by atoms with E-state index in [9.17, 15) is 9.59 Å². The van der Waals surface area contributed by atoms with Gasteiger partial charge in [0, 0.05) is 25.7 Å². The van der Waals surface area contributed by atoms with E-state index in [1.807, 2.05) is 24.3 Å². The molecule has 7 nitrogen and oxygen atoms in total. The maximum Gasteiger partial charge on any atom is 0.348 e. The molecule has 1 amide bonds. The van der Waals surface area contributed by atoms with Gasteiger partial charge in [0.05, 0.1) is 5.69 Å². The van der Waals surface area contributed by atoms with Gasteiger partial charge < -0.3 is 5.32 Å². The van der Waals surface area contributed by atoms with Crippen molar-refractivity contribution in [3.63, 3.8) is 0 Å². The lowest BCUT2D eigenvalue weighted by Crippen LogP contribution is -2.44. The van der Waals surface area contributed by atoms with Crippen molar-refractivity contribution in [3.05, 3.63) is 82.5 Å². The number of nitrogens with one attached hydrogen (secondary N) is 2. The zero-order valence-corrected chi connectivity index (χ0v) is 15.5. The van der Waals surface area contributed by atoms with E-state index >= 15 is 0 Å². The van der Waals surface area contributed by atoms with Crippen molar-refractivity contribution in [2.45, 2.75) is 25.4 Å². The average molecular weight is 377 g/mol. The lowest BCUT2D eigenvalue weighted by molar-refractivity contribution is 0.0898. The summed E-state index contributed by atoms with van der Waals surface area (Å²) in [6, 6.07) is 19.5. The van der Waals surface area contributed by atoms with Crippen LogP contribution in [0.3, 0.4) is 0 Å². The molecular weight excluding hydrogens is 354 g/mol. The second-order valence-electron chi connectivity index (χ2n) is 7.04. The van der Waals surface area contributed by atoms with Crippen LogP contribution in [-0.4, -0.2) is 44.7 Å². The van der Waals surface area contributed by atoms with Crippen LogP contribution >= 0.6 is 0 Å². The van der Waals surface area contributed by atoms with Crippen LogP contribution in [0.2, 0.25) is 0 Å². The van der Waals surface area contributed by atoms with Gasteiger partial charge in [-0.05, 0) is 30.5 Å². The molecule has 0 aliphatic carbocycles. The summed E-state index contributed by atoms with van der Waals surface area (Å²) in [5.41, 5.74) is 1.50. The van der Waals surface area contributed by atoms with Crippen molar-refractivity contribution in [2.24, 2.45) is 0 Å². The minimum Gasteiger partial charge on any atom is -0.346 e. The minimum absolute atomic E-state index is 0.0422. The predicted molar refractivity (Wildman–Crippen MR) is 106 cm³/mol. The van der Waals surface area contributed by atoms with Gasteiger partial charge in [0.1, 0.15) is 0 Å². The first kappa shape index (κ1) is 18.2. The summed E-state index contributed by atoms with van der Waals surface area (Å²) >= 11 is 0. The molecule has 144 valence electrons. The first-order chi connectivity index (χ1) is 13.7. The molecule has 0 atom stereocenters. The van der Waals surface area contributed by atoms with Gasteiger partial charge >= 0.3 is 5.69 Å². The van der Waals surface area contributed by atoms with Crippen LogP contribution in [0.5, 0.6) is 0 Å². The summed E-state index contributed by atoms with van der Waals surface area (Å²) < 4.78 is 1.21. The molecule has 7 heteroatoms. The van der Waals surface area contributed by atoms with E-state index < -0.39 is 5.69 Å². The van der Waals surface area contributed by atoms with E-state index in [0.29, 0.717) is 5.69 Å². The summed E-state index contributed by atoms with van der Waals surface area (Å²) in [5.74, 6) is -0.297. The number of nitrogens with zero attached hydrogens (tertiary/aromatic N) is 3. The smallest absolute Gasteiger partial charge is 0.346 e. The summed E-state index contributed by atoms with van der Waals surface area (Å²) in [6.45, 7) is 2.78. The van der Waals surface area contributed by atoms with E-state index in [-0.39, 0.29) is 17.8 Å². The Morgan fingerprint density at radius 1 is 1.04 bits per heavy atom. The molecule has 0 bridgehead atoms. The first-order valence-corrected chi connectivity index (χ1v) is 9.51. The number of rotatable bonds is 5. The number of carbonyl (C=O) groups is 1. The lowest BCUT2D eigenvalue weighted by Gasteiger charge is -2.32. The molecule has 1 aliphatic heterocycles. The Labute approximate surface area is 163 Å². The molecule has 1 fully saturated rings. The third kappa shape index (κ3) is 4.20. The van der Waals surface area contributed by atoms with E-state index in [2.05, 4.69) is 44.6 Å². The van der Waals surface area contributed by atoms with Crippen molar-refractivity contribution in [1.29, 1.82) is 0 Å². The molecule has 1 saturated heterocycles. The summed E-state index contributed by atoms with van der Waals surface area (Å²) in [4.78, 5) is 29.6. The van der Waals surface area contributed by atoms with Crippen molar-refractivity contribution < 1.29 is 4.79 Å². The van der Waals surface area contributed by atoms with Gasteiger partial charge in [-0.15, -0.1) is 5.10 Å². The number of H-pyrrole nitrogens is 1. The normalized spacial score (nSPS) is 15.4. The third-order valence-corrected chi connectivity index (χ3v) is 5.01. The standard InChI is InChI=1S/C21H23N5O2/c27-20(19-23-21(28)26(24-19)18-9-5-2-6-10-18)22-17-11-13-25(14-12-17)15-16-7-3-1-4-8-16/h1-10,17H,11-15H2,(H,22,27)(H,23,24,28). The highest BCUT2D eigenvalue weighted by atomic mass is 16.2. The molecule has 1 aromatic heterocycles. The molecule has 28 heavy (non-hydrogen) atoms. The highest BCUT2D eigenvalue weighted by Crippen LogP contribution is 2.14. The number of likely N-dealkylation sites (tertiary alicyclic amines) is 1. The number of hydrogen-bond donors (Lipinski definition) is 2. The Balaban J connectivity index is 1.33. The number of benzene rings is 2. The zero-order chi connectivity index (χ0) is 19.3. The Morgan fingerprint density at radius 2 is 1.68 bits per heavy atom. The Morgan fingerprint density at radius 3 is 2.36 bits per heavy atom. The number of aromatic nitrogens is 3.